The number of halogens is 2. The van der Waals surface area contributed by atoms with Crippen molar-refractivity contribution in [3.8, 4) is 0 Å². The minimum absolute atomic E-state index is 0.265. The number of amides is 1. The molecule has 2 heterocycles. The van der Waals surface area contributed by atoms with Crippen molar-refractivity contribution >= 4 is 44.0 Å². The van der Waals surface area contributed by atoms with Crippen LogP contribution in [0.15, 0.2) is 42.9 Å². The quantitative estimate of drug-likeness (QED) is 0.358. The maximum Gasteiger partial charge on any atom is 0.251 e. The number of nitrogens with two attached hydrogens (primary N) is 1. The van der Waals surface area contributed by atoms with Gasteiger partial charge in [-0.15, -0.1) is 9.24 Å². The first kappa shape index (κ1) is 21.7. The molecule has 6 nitrogen and oxygen atoms in total. The van der Waals surface area contributed by atoms with Crippen LogP contribution in [0.25, 0.3) is 11.6 Å². The zero-order valence-electron chi connectivity index (χ0n) is 16.1. The van der Waals surface area contributed by atoms with E-state index in [-0.39, 0.29) is 12.5 Å². The molecular weight excluding hydrogens is 407 g/mol. The highest BCUT2D eigenvalue weighted by molar-refractivity contribution is 7.27. The lowest BCUT2D eigenvalue weighted by Gasteiger charge is -2.12. The van der Waals surface area contributed by atoms with Crippen LogP contribution in [0, 0.1) is 5.41 Å². The lowest BCUT2D eigenvalue weighted by Crippen LogP contribution is -2.22. The van der Waals surface area contributed by atoms with Crippen molar-refractivity contribution in [1.29, 1.82) is 5.41 Å². The summed E-state index contributed by atoms with van der Waals surface area (Å²) in [6.07, 6.45) is 6.30. The Balaban J connectivity index is 1.72. The van der Waals surface area contributed by atoms with E-state index in [0.717, 1.165) is 22.6 Å². The monoisotopic (exact) mass is 429 g/mol. The number of pyridine rings is 1. The Hall–Kier alpha value is -2.96. The Morgan fingerprint density at radius 3 is 2.80 bits per heavy atom. The van der Waals surface area contributed by atoms with Crippen molar-refractivity contribution in [2.45, 2.75) is 19.5 Å². The van der Waals surface area contributed by atoms with Crippen LogP contribution >= 0.6 is 9.24 Å². The van der Waals surface area contributed by atoms with Gasteiger partial charge in [0.2, 0.25) is 5.91 Å². The first-order valence-corrected chi connectivity index (χ1v) is 9.76. The number of anilines is 1. The maximum absolute atomic E-state index is 12.6. The fourth-order valence-corrected chi connectivity index (χ4v) is 3.79. The molecule has 4 N–H and O–H groups in total. The van der Waals surface area contributed by atoms with Crippen LogP contribution in [0.1, 0.15) is 22.3 Å². The van der Waals surface area contributed by atoms with Gasteiger partial charge in [-0.25, -0.2) is 8.78 Å². The van der Waals surface area contributed by atoms with Gasteiger partial charge in [0, 0.05) is 66.4 Å². The summed E-state index contributed by atoms with van der Waals surface area (Å²) in [6.45, 7) is 0.658. The molecule has 1 unspecified atom stereocenters. The number of carbonyl (C=O) groups excluding carboxylic acids is 1. The number of aromatic nitrogens is 1. The average Bonchev–Trinajstić information content (AvgIpc) is 3.09. The molecule has 3 rings (SSSR count). The van der Waals surface area contributed by atoms with Gasteiger partial charge in [0.25, 0.3) is 6.43 Å². The summed E-state index contributed by atoms with van der Waals surface area (Å²) in [6, 6.07) is 5.42. The fraction of sp³-hybridized carbons (Fsp3) is 0.190. The summed E-state index contributed by atoms with van der Waals surface area (Å²) < 4.78 is 25.2. The molecule has 30 heavy (non-hydrogen) atoms. The number of fused-ring (bicyclic) bond motifs is 1. The minimum atomic E-state index is -2.37. The summed E-state index contributed by atoms with van der Waals surface area (Å²) >= 11 is 0. The Labute approximate surface area is 175 Å². The molecule has 2 aromatic rings. The molecular formula is C21H22F2N5OP. The molecule has 1 aromatic heterocycles. The molecule has 0 bridgehead atoms. The van der Waals surface area contributed by atoms with Crippen LogP contribution in [0.3, 0.4) is 0 Å². The van der Waals surface area contributed by atoms with Crippen molar-refractivity contribution in [3.63, 3.8) is 0 Å². The number of allylic oxidation sites excluding steroid dienone is 1. The molecule has 0 fully saturated rings. The van der Waals surface area contributed by atoms with Crippen LogP contribution in [0.2, 0.25) is 0 Å². The SMILES string of the molecule is N=CC(=CN)c1c(P)cncc1/C=C/C(=O)Nc1ccc2c(c1)CN(CC(F)F)C2. The molecule has 1 amide bonds. The van der Waals surface area contributed by atoms with E-state index in [0.29, 0.717) is 35.5 Å². The van der Waals surface area contributed by atoms with E-state index >= 15 is 0 Å². The summed E-state index contributed by atoms with van der Waals surface area (Å²) in [5.74, 6) is -0.342. The van der Waals surface area contributed by atoms with Crippen molar-refractivity contribution in [1.82, 2.24) is 9.88 Å². The Morgan fingerprint density at radius 2 is 2.10 bits per heavy atom. The van der Waals surface area contributed by atoms with Crippen LogP contribution in [0.5, 0.6) is 0 Å². The van der Waals surface area contributed by atoms with Crippen molar-refractivity contribution in [2.24, 2.45) is 5.73 Å². The maximum atomic E-state index is 12.6. The predicted octanol–water partition coefficient (Wildman–Crippen LogP) is 2.76. The highest BCUT2D eigenvalue weighted by Gasteiger charge is 2.21. The number of hydrogen-bond acceptors (Lipinski definition) is 5. The van der Waals surface area contributed by atoms with Crippen LogP contribution in [0.4, 0.5) is 14.5 Å². The molecule has 156 valence electrons. The van der Waals surface area contributed by atoms with Gasteiger partial charge >= 0.3 is 0 Å². The third-order valence-electron chi connectivity index (χ3n) is 4.70. The number of nitrogens with zero attached hydrogens (tertiary/aromatic N) is 2. The van der Waals surface area contributed by atoms with Gasteiger partial charge in [-0.3, -0.25) is 14.7 Å². The summed E-state index contributed by atoms with van der Waals surface area (Å²) in [5, 5.41) is 11.1. The molecule has 1 aliphatic heterocycles. The van der Waals surface area contributed by atoms with Crippen molar-refractivity contribution in [3.05, 3.63) is 65.1 Å². The summed E-state index contributed by atoms with van der Waals surface area (Å²) in [5.41, 5.74) is 9.98. The molecule has 0 saturated carbocycles. The molecule has 0 saturated heterocycles. The van der Waals surface area contributed by atoms with E-state index in [1.54, 1.807) is 29.4 Å². The van der Waals surface area contributed by atoms with Gasteiger partial charge in [-0.1, -0.05) is 6.07 Å². The van der Waals surface area contributed by atoms with Gasteiger partial charge in [-0.05, 0) is 34.6 Å². The zero-order chi connectivity index (χ0) is 21.7. The first-order valence-electron chi connectivity index (χ1n) is 9.19. The fourth-order valence-electron chi connectivity index (χ4n) is 3.37. The molecule has 9 heteroatoms. The molecule has 0 radical (unpaired) electrons. The van der Waals surface area contributed by atoms with Gasteiger partial charge in [-0.2, -0.15) is 0 Å². The molecule has 0 aliphatic carbocycles. The number of nitrogens with one attached hydrogen (secondary N) is 2. The van der Waals surface area contributed by atoms with E-state index in [9.17, 15) is 13.6 Å². The standard InChI is InChI=1S/C21H22F2N5OP/c22-19(23)12-28-10-14-1-3-17(5-15(14)11-28)27-20(29)4-2-13-8-26-9-18(30)21(13)16(6-24)7-25/h1-9,19,24H,10-12,25,30H2,(H,27,29)/b4-2+,16-7?,24-6?. The summed E-state index contributed by atoms with van der Waals surface area (Å²) in [7, 11) is 2.54. The van der Waals surface area contributed by atoms with Gasteiger partial charge in [0.15, 0.2) is 0 Å². The van der Waals surface area contributed by atoms with Gasteiger partial charge in [0.1, 0.15) is 0 Å². The van der Waals surface area contributed by atoms with Crippen molar-refractivity contribution in [2.75, 3.05) is 11.9 Å². The largest absolute Gasteiger partial charge is 0.404 e. The third-order valence-corrected chi connectivity index (χ3v) is 5.14. The second-order valence-electron chi connectivity index (χ2n) is 6.83. The number of benzene rings is 1. The summed E-state index contributed by atoms with van der Waals surface area (Å²) in [4.78, 5) is 18.2. The van der Waals surface area contributed by atoms with Gasteiger partial charge in [0.05, 0.1) is 6.54 Å². The normalized spacial score (nSPS) is 14.3. The lowest BCUT2D eigenvalue weighted by molar-refractivity contribution is -0.111. The van der Waals surface area contributed by atoms with E-state index in [2.05, 4.69) is 19.5 Å². The first-order chi connectivity index (χ1) is 14.4. The molecule has 1 atom stereocenters. The Kier molecular flexibility index (Phi) is 7.03. The van der Waals surface area contributed by atoms with E-state index < -0.39 is 6.43 Å². The van der Waals surface area contributed by atoms with E-state index in [1.807, 2.05) is 12.1 Å². The van der Waals surface area contributed by atoms with Crippen molar-refractivity contribution < 1.29 is 13.6 Å². The van der Waals surface area contributed by atoms with Crippen LogP contribution in [-0.2, 0) is 17.9 Å². The number of hydrogen-bond donors (Lipinski definition) is 3. The van der Waals surface area contributed by atoms with E-state index in [4.69, 9.17) is 11.1 Å². The van der Waals surface area contributed by atoms with E-state index in [1.165, 1.54) is 12.3 Å². The lowest BCUT2D eigenvalue weighted by atomic mass is 10.0. The Bertz CT molecular complexity index is 1020. The number of rotatable bonds is 7. The van der Waals surface area contributed by atoms with Crippen LogP contribution in [-0.4, -0.2) is 35.0 Å². The molecule has 0 spiro atoms. The minimum Gasteiger partial charge on any atom is -0.404 e. The zero-order valence-corrected chi connectivity index (χ0v) is 17.3. The van der Waals surface area contributed by atoms with Crippen LogP contribution < -0.4 is 16.4 Å². The molecule has 1 aliphatic rings. The topological polar surface area (TPSA) is 95.1 Å². The second-order valence-corrected chi connectivity index (χ2v) is 7.45. The highest BCUT2D eigenvalue weighted by Crippen LogP contribution is 2.26. The average molecular weight is 429 g/mol. The second kappa shape index (κ2) is 9.69. The number of alkyl halides is 2. The third kappa shape index (κ3) is 5.14. The Morgan fingerprint density at radius 1 is 1.33 bits per heavy atom. The number of carbonyl (C=O) groups is 1. The molecule has 1 aromatic carbocycles. The smallest absolute Gasteiger partial charge is 0.251 e. The highest BCUT2D eigenvalue weighted by atomic mass is 31.0. The predicted molar refractivity (Wildman–Crippen MR) is 119 cm³/mol. The van der Waals surface area contributed by atoms with Gasteiger partial charge < -0.3 is 16.5 Å².